The second-order valence-corrected chi connectivity index (χ2v) is 14.0. The van der Waals surface area contributed by atoms with Gasteiger partial charge >= 0.3 is 0 Å². The van der Waals surface area contributed by atoms with Crippen molar-refractivity contribution in [3.8, 4) is 62.1 Å². The molecule has 0 saturated heterocycles. The number of hydrogen-bond acceptors (Lipinski definition) is 4. The van der Waals surface area contributed by atoms with Gasteiger partial charge in [-0.2, -0.15) is 0 Å². The minimum atomic E-state index is 0.630. The molecular weight excluding hydrogens is 685 g/mol. The first-order chi connectivity index (χ1) is 27.7. The van der Waals surface area contributed by atoms with Crippen LogP contribution in [0, 0.1) is 0 Å². The summed E-state index contributed by atoms with van der Waals surface area (Å²) in [5.41, 5.74) is 12.5. The number of aromatic nitrogens is 4. The van der Waals surface area contributed by atoms with Crippen molar-refractivity contribution in [2.75, 3.05) is 0 Å². The molecule has 11 rings (SSSR count). The largest absolute Gasteiger partial charge is 0.456 e. The van der Waals surface area contributed by atoms with Gasteiger partial charge in [0.2, 0.25) is 0 Å². The van der Waals surface area contributed by atoms with Gasteiger partial charge in [-0.15, -0.1) is 0 Å². The highest BCUT2D eigenvalue weighted by Crippen LogP contribution is 2.41. The molecule has 5 nitrogen and oxygen atoms in total. The molecule has 0 saturated carbocycles. The highest BCUT2D eigenvalue weighted by molar-refractivity contribution is 6.15. The van der Waals surface area contributed by atoms with Crippen molar-refractivity contribution in [3.05, 3.63) is 194 Å². The minimum Gasteiger partial charge on any atom is -0.456 e. The second-order valence-electron chi connectivity index (χ2n) is 14.0. The van der Waals surface area contributed by atoms with E-state index >= 15 is 0 Å². The van der Waals surface area contributed by atoms with Crippen molar-refractivity contribution in [1.29, 1.82) is 0 Å². The van der Waals surface area contributed by atoms with E-state index in [9.17, 15) is 0 Å². The van der Waals surface area contributed by atoms with Crippen LogP contribution in [0.1, 0.15) is 0 Å². The smallest absolute Gasteiger partial charge is 0.164 e. The average Bonchev–Trinajstić information content (AvgIpc) is 3.82. The Hall–Kier alpha value is -7.63. The zero-order valence-corrected chi connectivity index (χ0v) is 30.2. The maximum atomic E-state index is 6.61. The van der Waals surface area contributed by atoms with Crippen LogP contribution in [0.3, 0.4) is 0 Å². The van der Waals surface area contributed by atoms with Gasteiger partial charge in [-0.25, -0.2) is 15.0 Å². The minimum absolute atomic E-state index is 0.630. The van der Waals surface area contributed by atoms with Crippen LogP contribution >= 0.6 is 0 Å². The van der Waals surface area contributed by atoms with E-state index in [-0.39, 0.29) is 0 Å². The maximum absolute atomic E-state index is 6.61. The Bertz CT molecular complexity index is 3160. The van der Waals surface area contributed by atoms with E-state index in [2.05, 4.69) is 132 Å². The lowest BCUT2D eigenvalue weighted by molar-refractivity contribution is 0.669. The van der Waals surface area contributed by atoms with Crippen LogP contribution in [0.2, 0.25) is 0 Å². The molecule has 11 aromatic rings. The van der Waals surface area contributed by atoms with E-state index in [0.29, 0.717) is 17.5 Å². The molecule has 0 aliphatic heterocycles. The Morgan fingerprint density at radius 1 is 0.321 bits per heavy atom. The van der Waals surface area contributed by atoms with E-state index < -0.39 is 0 Å². The van der Waals surface area contributed by atoms with Crippen molar-refractivity contribution in [2.24, 2.45) is 0 Å². The molecule has 0 radical (unpaired) electrons. The van der Waals surface area contributed by atoms with Crippen LogP contribution in [0.4, 0.5) is 0 Å². The normalized spacial score (nSPS) is 11.6. The Kier molecular flexibility index (Phi) is 7.42. The lowest BCUT2D eigenvalue weighted by Crippen LogP contribution is -2.00. The summed E-state index contributed by atoms with van der Waals surface area (Å²) in [6.07, 6.45) is 0. The molecule has 0 unspecified atom stereocenters. The van der Waals surface area contributed by atoms with E-state index in [4.69, 9.17) is 19.4 Å². The van der Waals surface area contributed by atoms with Crippen molar-refractivity contribution in [3.63, 3.8) is 0 Å². The number of benzene rings is 8. The van der Waals surface area contributed by atoms with Gasteiger partial charge in [0, 0.05) is 32.8 Å². The Labute approximate surface area is 322 Å². The fraction of sp³-hybridized carbons (Fsp3) is 0. The van der Waals surface area contributed by atoms with Gasteiger partial charge < -0.3 is 8.98 Å². The number of para-hydroxylation sites is 1. The summed E-state index contributed by atoms with van der Waals surface area (Å²) in [7, 11) is 0. The molecule has 0 amide bonds. The van der Waals surface area contributed by atoms with E-state index in [0.717, 1.165) is 77.2 Å². The zero-order valence-electron chi connectivity index (χ0n) is 30.2. The predicted molar refractivity (Wildman–Crippen MR) is 229 cm³/mol. The molecule has 8 aromatic carbocycles. The molecular formula is C51H32N4O. The first kappa shape index (κ1) is 31.9. The van der Waals surface area contributed by atoms with E-state index in [1.54, 1.807) is 0 Å². The van der Waals surface area contributed by atoms with Crippen LogP contribution in [0.5, 0.6) is 0 Å². The highest BCUT2D eigenvalue weighted by Gasteiger charge is 2.20. The van der Waals surface area contributed by atoms with Crippen LogP contribution in [0.25, 0.3) is 106 Å². The van der Waals surface area contributed by atoms with Crippen molar-refractivity contribution < 1.29 is 4.42 Å². The van der Waals surface area contributed by atoms with Crippen LogP contribution in [-0.2, 0) is 0 Å². The molecule has 5 heteroatoms. The summed E-state index contributed by atoms with van der Waals surface area (Å²) in [6.45, 7) is 0. The number of nitrogens with zero attached hydrogens (tertiary/aromatic N) is 4. The second kappa shape index (κ2) is 13.0. The van der Waals surface area contributed by atoms with Crippen molar-refractivity contribution in [1.82, 2.24) is 19.5 Å². The zero-order chi connectivity index (χ0) is 37.0. The Morgan fingerprint density at radius 3 is 1.52 bits per heavy atom. The van der Waals surface area contributed by atoms with Crippen LogP contribution < -0.4 is 0 Å². The number of rotatable bonds is 6. The molecule has 0 aliphatic carbocycles. The number of fused-ring (bicyclic) bond motifs is 6. The summed E-state index contributed by atoms with van der Waals surface area (Å²) in [5, 5.41) is 4.43. The summed E-state index contributed by atoms with van der Waals surface area (Å²) in [6, 6.07) is 67.4. The standard InChI is InChI=1S/C51H32N4O/c1-4-13-33(14-5-1)34-23-25-35(26-24-34)38-27-29-41-47(32-38)56-46-22-12-21-45(48(41)46)55-43-20-11-10-19-40(43)42-31-39(28-30-44(42)55)51-53-49(36-15-6-2-7-16-36)52-50(54-51)37-17-8-3-9-18-37/h1-32H. The molecule has 3 heterocycles. The lowest BCUT2D eigenvalue weighted by atomic mass is 9.99. The lowest BCUT2D eigenvalue weighted by Gasteiger charge is -2.11. The van der Waals surface area contributed by atoms with Gasteiger partial charge in [0.25, 0.3) is 0 Å². The fourth-order valence-electron chi connectivity index (χ4n) is 7.97. The van der Waals surface area contributed by atoms with Crippen LogP contribution in [-0.4, -0.2) is 19.5 Å². The SMILES string of the molecule is c1ccc(-c2ccc(-c3ccc4c(c3)oc3cccc(-n5c6ccccc6c6cc(-c7nc(-c8ccccc8)nc(-c8ccccc8)n7)ccc65)c34)cc2)cc1. The highest BCUT2D eigenvalue weighted by atomic mass is 16.3. The summed E-state index contributed by atoms with van der Waals surface area (Å²) in [4.78, 5) is 15.0. The molecule has 0 atom stereocenters. The number of hydrogen-bond donors (Lipinski definition) is 0. The van der Waals surface area contributed by atoms with Gasteiger partial charge in [-0.05, 0) is 70.8 Å². The monoisotopic (exact) mass is 716 g/mol. The Balaban J connectivity index is 1.05. The van der Waals surface area contributed by atoms with E-state index in [1.165, 1.54) is 11.1 Å². The van der Waals surface area contributed by atoms with Gasteiger partial charge in [0.05, 0.1) is 22.1 Å². The van der Waals surface area contributed by atoms with Crippen LogP contribution in [0.15, 0.2) is 199 Å². The number of furan rings is 1. The molecule has 0 N–H and O–H groups in total. The third-order valence-corrected chi connectivity index (χ3v) is 10.7. The average molecular weight is 717 g/mol. The topological polar surface area (TPSA) is 56.7 Å². The van der Waals surface area contributed by atoms with Gasteiger partial charge in [-0.1, -0.05) is 146 Å². The first-order valence-electron chi connectivity index (χ1n) is 18.8. The molecule has 0 fully saturated rings. The first-order valence-corrected chi connectivity index (χ1v) is 18.8. The molecule has 0 spiro atoms. The van der Waals surface area contributed by atoms with Gasteiger partial charge in [0.15, 0.2) is 17.5 Å². The van der Waals surface area contributed by atoms with Gasteiger partial charge in [-0.3, -0.25) is 0 Å². The third kappa shape index (κ3) is 5.37. The van der Waals surface area contributed by atoms with E-state index in [1.807, 2.05) is 66.7 Å². The summed E-state index contributed by atoms with van der Waals surface area (Å²) in [5.74, 6) is 1.91. The molecule has 262 valence electrons. The Morgan fingerprint density at radius 2 is 0.839 bits per heavy atom. The molecule has 3 aromatic heterocycles. The molecule has 56 heavy (non-hydrogen) atoms. The van der Waals surface area contributed by atoms with Crippen molar-refractivity contribution in [2.45, 2.75) is 0 Å². The van der Waals surface area contributed by atoms with Gasteiger partial charge in [0.1, 0.15) is 11.2 Å². The fourth-order valence-corrected chi connectivity index (χ4v) is 7.97. The van der Waals surface area contributed by atoms with Crippen molar-refractivity contribution >= 4 is 43.7 Å². The quantitative estimate of drug-likeness (QED) is 0.172. The molecule has 0 aliphatic rings. The predicted octanol–water partition coefficient (Wildman–Crippen LogP) is 13.2. The summed E-state index contributed by atoms with van der Waals surface area (Å²) < 4.78 is 8.97. The summed E-state index contributed by atoms with van der Waals surface area (Å²) >= 11 is 0. The molecule has 0 bridgehead atoms. The third-order valence-electron chi connectivity index (χ3n) is 10.7. The maximum Gasteiger partial charge on any atom is 0.164 e.